The quantitative estimate of drug-likeness (QED) is 0.245. The molecule has 5 aromatic rings. The first-order valence-electron chi connectivity index (χ1n) is 11.1. The Morgan fingerprint density at radius 3 is 2.38 bits per heavy atom. The van der Waals surface area contributed by atoms with Crippen LogP contribution in [0.4, 0.5) is 5.69 Å². The third-order valence-corrected chi connectivity index (χ3v) is 7.15. The molecule has 0 spiro atoms. The Kier molecular flexibility index (Phi) is 3.75. The lowest BCUT2D eigenvalue weighted by Gasteiger charge is -2.21. The maximum atomic E-state index is 7.94. The van der Waals surface area contributed by atoms with Gasteiger partial charge < -0.3 is 4.57 Å². The molecule has 0 aliphatic heterocycles. The fraction of sp³-hybridized carbons (Fsp3) is 0.167. The fourth-order valence-corrected chi connectivity index (χ4v) is 5.79. The smallest absolute Gasteiger partial charge is 0.211 e. The summed E-state index contributed by atoms with van der Waals surface area (Å²) in [5.74, 6) is 0. The molecule has 0 saturated carbocycles. The third kappa shape index (κ3) is 2.29. The molecule has 0 fully saturated rings. The molecule has 0 unspecified atom stereocenters. The van der Waals surface area contributed by atoms with E-state index in [9.17, 15) is 0 Å². The highest BCUT2D eigenvalue weighted by Crippen LogP contribution is 2.53. The maximum absolute atomic E-state index is 7.94. The van der Waals surface area contributed by atoms with Gasteiger partial charge in [-0.3, -0.25) is 0 Å². The van der Waals surface area contributed by atoms with E-state index in [1.54, 1.807) is 0 Å². The van der Waals surface area contributed by atoms with Crippen molar-refractivity contribution in [3.05, 3.63) is 106 Å². The molecule has 0 amide bonds. The Morgan fingerprint density at radius 2 is 1.56 bits per heavy atom. The summed E-state index contributed by atoms with van der Waals surface area (Å²) < 4.78 is 2.35. The van der Waals surface area contributed by atoms with Gasteiger partial charge in [-0.1, -0.05) is 86.1 Å². The number of hydrogen-bond donors (Lipinski definition) is 0. The molecule has 0 bridgehead atoms. The Morgan fingerprint density at radius 1 is 0.812 bits per heavy atom. The second-order valence-corrected chi connectivity index (χ2v) is 9.47. The van der Waals surface area contributed by atoms with Gasteiger partial charge in [-0.05, 0) is 42.2 Å². The van der Waals surface area contributed by atoms with Crippen LogP contribution in [0.25, 0.3) is 43.5 Å². The van der Waals surface area contributed by atoms with Gasteiger partial charge in [0.1, 0.15) is 0 Å². The molecule has 2 heteroatoms. The Hall–Kier alpha value is -3.83. The summed E-state index contributed by atoms with van der Waals surface area (Å²) in [6.45, 7) is 16.8. The van der Waals surface area contributed by atoms with E-state index in [4.69, 9.17) is 6.57 Å². The lowest BCUT2D eigenvalue weighted by Crippen LogP contribution is -2.14. The molecule has 6 rings (SSSR count). The predicted molar refractivity (Wildman–Crippen MR) is 134 cm³/mol. The first kappa shape index (κ1) is 18.9. The van der Waals surface area contributed by atoms with E-state index in [1.807, 2.05) is 6.07 Å². The van der Waals surface area contributed by atoms with Gasteiger partial charge in [0, 0.05) is 21.8 Å². The molecule has 4 aromatic carbocycles. The Bertz CT molecular complexity index is 1620. The van der Waals surface area contributed by atoms with Crippen LogP contribution in [0.3, 0.4) is 0 Å². The molecule has 0 radical (unpaired) electrons. The van der Waals surface area contributed by atoms with Crippen LogP contribution in [-0.2, 0) is 5.41 Å². The topological polar surface area (TPSA) is 9.29 Å². The first-order valence-corrected chi connectivity index (χ1v) is 11.1. The normalized spacial score (nSPS) is 13.8. The fourth-order valence-electron chi connectivity index (χ4n) is 5.79. The van der Waals surface area contributed by atoms with Gasteiger partial charge >= 0.3 is 0 Å². The second-order valence-electron chi connectivity index (χ2n) is 9.47. The lowest BCUT2D eigenvalue weighted by atomic mass is 9.82. The van der Waals surface area contributed by atoms with Crippen molar-refractivity contribution in [3.8, 4) is 16.8 Å². The molecular formula is C30H24N2. The maximum Gasteiger partial charge on any atom is 0.211 e. The molecule has 2 nitrogen and oxygen atoms in total. The van der Waals surface area contributed by atoms with Crippen LogP contribution in [0.1, 0.15) is 36.1 Å². The van der Waals surface area contributed by atoms with E-state index >= 15 is 0 Å². The van der Waals surface area contributed by atoms with Crippen LogP contribution in [0.5, 0.6) is 0 Å². The average molecular weight is 413 g/mol. The zero-order valence-electron chi connectivity index (χ0n) is 18.8. The average Bonchev–Trinajstić information content (AvgIpc) is 3.23. The minimum absolute atomic E-state index is 0.0631. The summed E-state index contributed by atoms with van der Waals surface area (Å²) in [6, 6.07) is 26.2. The van der Waals surface area contributed by atoms with Crippen molar-refractivity contribution in [2.75, 3.05) is 0 Å². The summed E-state index contributed by atoms with van der Waals surface area (Å²) in [6.07, 6.45) is 0. The molecule has 1 aromatic heterocycles. The number of rotatable bonds is 1. The van der Waals surface area contributed by atoms with Gasteiger partial charge in [0.05, 0.1) is 23.3 Å². The molecule has 0 N–H and O–H groups in total. The van der Waals surface area contributed by atoms with E-state index in [0.717, 1.165) is 22.3 Å². The summed E-state index contributed by atoms with van der Waals surface area (Å²) in [4.78, 5) is 3.96. The van der Waals surface area contributed by atoms with E-state index in [-0.39, 0.29) is 5.41 Å². The molecule has 154 valence electrons. The van der Waals surface area contributed by atoms with Gasteiger partial charge in [-0.2, -0.15) is 0 Å². The number of hydrogen-bond acceptors (Lipinski definition) is 0. The summed E-state index contributed by atoms with van der Waals surface area (Å²) >= 11 is 0. The highest BCUT2D eigenvalue weighted by Gasteiger charge is 2.37. The molecule has 1 heterocycles. The number of benzene rings is 4. The summed E-state index contributed by atoms with van der Waals surface area (Å²) in [5, 5.41) is 2.46. The molecule has 0 atom stereocenters. The number of fused-ring (bicyclic) bond motifs is 7. The van der Waals surface area contributed by atoms with Crippen molar-refractivity contribution in [1.29, 1.82) is 0 Å². The molecule has 1 aliphatic carbocycles. The molecule has 0 saturated heterocycles. The van der Waals surface area contributed by atoms with Crippen molar-refractivity contribution >= 4 is 27.5 Å². The Labute approximate surface area is 188 Å². The van der Waals surface area contributed by atoms with Crippen LogP contribution in [-0.4, -0.2) is 4.57 Å². The van der Waals surface area contributed by atoms with Gasteiger partial charge in [0.2, 0.25) is 5.69 Å². The number of aromatic nitrogens is 1. The molecular weight excluding hydrogens is 388 g/mol. The van der Waals surface area contributed by atoms with Crippen LogP contribution in [0.2, 0.25) is 0 Å². The highest BCUT2D eigenvalue weighted by molar-refractivity contribution is 6.16. The molecule has 1 aliphatic rings. The summed E-state index contributed by atoms with van der Waals surface area (Å²) in [5.41, 5.74) is 11.6. The number of nitrogens with zero attached hydrogens (tertiary/aromatic N) is 2. The monoisotopic (exact) mass is 412 g/mol. The Balaban J connectivity index is 1.90. The third-order valence-electron chi connectivity index (χ3n) is 7.15. The van der Waals surface area contributed by atoms with Crippen LogP contribution >= 0.6 is 0 Å². The number of para-hydroxylation sites is 1. The SMILES string of the molecule is [C-]#[N+]c1cc(C)cc(C)c1-n1c2ccccc2c2ccc3c(c21)-c1ccccc1C3(C)C. The van der Waals surface area contributed by atoms with Crippen molar-refractivity contribution in [2.24, 2.45) is 0 Å². The van der Waals surface area contributed by atoms with Crippen LogP contribution in [0.15, 0.2) is 72.8 Å². The predicted octanol–water partition coefficient (Wildman–Crippen LogP) is 8.26. The number of aryl methyl sites for hydroxylation is 2. The van der Waals surface area contributed by atoms with Gasteiger partial charge in [-0.25, -0.2) is 4.85 Å². The standard InChI is InChI=1S/C30H24N2/c1-18-16-19(2)28(25(17-18)31-5)32-26-13-9-7-10-20(26)21-14-15-24-27(29(21)32)22-11-6-8-12-23(22)30(24,3)4/h6-17H,1-4H3. The van der Waals surface area contributed by atoms with Gasteiger partial charge in [-0.15, -0.1) is 0 Å². The first-order chi connectivity index (χ1) is 15.4. The van der Waals surface area contributed by atoms with E-state index in [2.05, 4.69) is 104 Å². The summed E-state index contributed by atoms with van der Waals surface area (Å²) in [7, 11) is 0. The second kappa shape index (κ2) is 6.34. The van der Waals surface area contributed by atoms with Crippen LogP contribution in [0, 0.1) is 20.4 Å². The minimum Gasteiger partial charge on any atom is -0.318 e. The lowest BCUT2D eigenvalue weighted by molar-refractivity contribution is 0.661. The van der Waals surface area contributed by atoms with Crippen molar-refractivity contribution in [2.45, 2.75) is 33.1 Å². The molecule has 32 heavy (non-hydrogen) atoms. The van der Waals surface area contributed by atoms with E-state index in [1.165, 1.54) is 38.5 Å². The highest BCUT2D eigenvalue weighted by atomic mass is 15.0. The zero-order chi connectivity index (χ0) is 22.2. The van der Waals surface area contributed by atoms with Crippen molar-refractivity contribution < 1.29 is 0 Å². The largest absolute Gasteiger partial charge is 0.318 e. The zero-order valence-corrected chi connectivity index (χ0v) is 18.8. The van der Waals surface area contributed by atoms with E-state index < -0.39 is 0 Å². The van der Waals surface area contributed by atoms with Crippen LogP contribution < -0.4 is 0 Å². The van der Waals surface area contributed by atoms with Gasteiger partial charge in [0.25, 0.3) is 0 Å². The van der Waals surface area contributed by atoms with Crippen molar-refractivity contribution in [1.82, 2.24) is 4.57 Å². The van der Waals surface area contributed by atoms with Gasteiger partial charge in [0.15, 0.2) is 0 Å². The van der Waals surface area contributed by atoms with Crippen molar-refractivity contribution in [3.63, 3.8) is 0 Å². The van der Waals surface area contributed by atoms with E-state index in [0.29, 0.717) is 5.69 Å². The minimum atomic E-state index is -0.0631.